The molecule has 2 unspecified atom stereocenters. The second-order valence-corrected chi connectivity index (χ2v) is 5.22. The lowest BCUT2D eigenvalue weighted by molar-refractivity contribution is -0.393. The molecule has 0 aromatic heterocycles. The van der Waals surface area contributed by atoms with Crippen LogP contribution in [-0.4, -0.2) is 34.1 Å². The van der Waals surface area contributed by atoms with Gasteiger partial charge in [-0.05, 0) is 11.6 Å². The number of nitro benzene ring substituents is 2. The van der Waals surface area contributed by atoms with Crippen LogP contribution in [0.5, 0.6) is 0 Å². The summed E-state index contributed by atoms with van der Waals surface area (Å²) in [5, 5.41) is 35.1. The van der Waals surface area contributed by atoms with Crippen molar-refractivity contribution in [2.45, 2.75) is 12.1 Å². The van der Waals surface area contributed by atoms with E-state index in [-0.39, 0.29) is 5.69 Å². The third-order valence-corrected chi connectivity index (χ3v) is 3.61. The van der Waals surface area contributed by atoms with Crippen molar-refractivity contribution in [1.29, 1.82) is 0 Å². The number of ether oxygens (including phenoxy) is 1. The third kappa shape index (κ3) is 4.11. The first kappa shape index (κ1) is 18.8. The van der Waals surface area contributed by atoms with Crippen molar-refractivity contribution < 1.29 is 24.5 Å². The van der Waals surface area contributed by atoms with Crippen LogP contribution in [0.4, 0.5) is 17.1 Å². The number of anilines is 1. The molecule has 2 rings (SSSR count). The number of non-ortho nitro benzene ring substituents is 1. The zero-order valence-electron chi connectivity index (χ0n) is 13.6. The van der Waals surface area contributed by atoms with Gasteiger partial charge < -0.3 is 15.2 Å². The number of methoxy groups -OCH3 is 1. The molecular weight excluding hydrogens is 346 g/mol. The summed E-state index contributed by atoms with van der Waals surface area (Å²) in [6.45, 7) is 0. The van der Waals surface area contributed by atoms with Crippen LogP contribution in [0.1, 0.15) is 11.7 Å². The van der Waals surface area contributed by atoms with E-state index >= 15 is 0 Å². The maximum absolute atomic E-state index is 12.1. The Hall–Kier alpha value is -3.53. The summed E-state index contributed by atoms with van der Waals surface area (Å²) in [7, 11) is 1.11. The maximum Gasteiger partial charge on any atom is 0.331 e. The fourth-order valence-corrected chi connectivity index (χ4v) is 2.31. The smallest absolute Gasteiger partial charge is 0.331 e. The molecule has 10 nitrogen and oxygen atoms in total. The van der Waals surface area contributed by atoms with Gasteiger partial charge in [-0.15, -0.1) is 0 Å². The first-order valence-electron chi connectivity index (χ1n) is 7.35. The first-order chi connectivity index (χ1) is 12.3. The Balaban J connectivity index is 2.41. The van der Waals surface area contributed by atoms with Crippen molar-refractivity contribution in [2.24, 2.45) is 0 Å². The summed E-state index contributed by atoms with van der Waals surface area (Å²) in [5.41, 5.74) is -0.847. The molecule has 2 atom stereocenters. The lowest BCUT2D eigenvalue weighted by Gasteiger charge is -2.23. The molecule has 0 saturated heterocycles. The first-order valence-corrected chi connectivity index (χ1v) is 7.35. The van der Waals surface area contributed by atoms with Crippen LogP contribution in [0.25, 0.3) is 0 Å². The fraction of sp³-hybridized carbons (Fsp3) is 0.188. The van der Waals surface area contributed by atoms with Gasteiger partial charge in [-0.1, -0.05) is 30.3 Å². The van der Waals surface area contributed by atoms with E-state index in [4.69, 9.17) is 0 Å². The average molecular weight is 361 g/mol. The minimum atomic E-state index is -1.36. The van der Waals surface area contributed by atoms with E-state index in [0.717, 1.165) is 25.3 Å². The molecule has 2 N–H and O–H groups in total. The maximum atomic E-state index is 12.1. The van der Waals surface area contributed by atoms with Gasteiger partial charge in [0.25, 0.3) is 11.4 Å². The van der Waals surface area contributed by atoms with Crippen LogP contribution in [0.3, 0.4) is 0 Å². The number of aliphatic hydroxyl groups excluding tert-OH is 1. The Morgan fingerprint density at radius 2 is 1.77 bits per heavy atom. The zero-order valence-corrected chi connectivity index (χ0v) is 13.6. The molecule has 0 radical (unpaired) electrons. The quantitative estimate of drug-likeness (QED) is 0.433. The molecule has 0 aliphatic rings. The number of esters is 1. The molecule has 0 aliphatic heterocycles. The molecule has 0 bridgehead atoms. The Kier molecular flexibility index (Phi) is 5.81. The van der Waals surface area contributed by atoms with Crippen molar-refractivity contribution in [3.63, 3.8) is 0 Å². The molecule has 0 saturated carbocycles. The van der Waals surface area contributed by atoms with Crippen LogP contribution in [-0.2, 0) is 9.53 Å². The normalized spacial score (nSPS) is 12.7. The SMILES string of the molecule is COC(=O)C(Nc1ccc([N+](=O)[O-])cc1[N+](=O)[O-])C(O)c1ccccc1. The number of benzene rings is 2. The minimum Gasteiger partial charge on any atom is -0.467 e. The van der Waals surface area contributed by atoms with Crippen molar-refractivity contribution in [3.05, 3.63) is 74.3 Å². The van der Waals surface area contributed by atoms with Gasteiger partial charge >= 0.3 is 5.97 Å². The van der Waals surface area contributed by atoms with Gasteiger partial charge in [0.1, 0.15) is 11.8 Å². The van der Waals surface area contributed by atoms with E-state index in [1.54, 1.807) is 30.3 Å². The molecule has 2 aromatic carbocycles. The van der Waals surface area contributed by atoms with E-state index in [1.807, 2.05) is 0 Å². The largest absolute Gasteiger partial charge is 0.467 e. The second kappa shape index (κ2) is 8.03. The van der Waals surface area contributed by atoms with Gasteiger partial charge in [-0.3, -0.25) is 20.2 Å². The molecule has 10 heteroatoms. The molecular formula is C16H15N3O7. The second-order valence-electron chi connectivity index (χ2n) is 5.22. The topological polar surface area (TPSA) is 145 Å². The summed E-state index contributed by atoms with van der Waals surface area (Å²) in [6.07, 6.45) is -1.36. The van der Waals surface area contributed by atoms with Gasteiger partial charge in [-0.2, -0.15) is 0 Å². The van der Waals surface area contributed by atoms with Crippen molar-refractivity contribution in [1.82, 2.24) is 0 Å². The van der Waals surface area contributed by atoms with E-state index in [0.29, 0.717) is 5.56 Å². The summed E-state index contributed by atoms with van der Waals surface area (Å²) >= 11 is 0. The number of carbonyl (C=O) groups is 1. The summed E-state index contributed by atoms with van der Waals surface area (Å²) in [6, 6.07) is 9.75. The Morgan fingerprint density at radius 1 is 1.12 bits per heavy atom. The zero-order chi connectivity index (χ0) is 19.3. The summed E-state index contributed by atoms with van der Waals surface area (Å²) < 4.78 is 4.65. The average Bonchev–Trinajstić information content (AvgIpc) is 2.65. The van der Waals surface area contributed by atoms with E-state index < -0.39 is 39.3 Å². The predicted molar refractivity (Wildman–Crippen MR) is 90.6 cm³/mol. The summed E-state index contributed by atoms with van der Waals surface area (Å²) in [4.78, 5) is 32.5. The predicted octanol–water partition coefficient (Wildman–Crippen LogP) is 2.19. The molecule has 0 heterocycles. The molecule has 0 aliphatic carbocycles. The molecule has 2 aromatic rings. The van der Waals surface area contributed by atoms with Crippen molar-refractivity contribution >= 4 is 23.0 Å². The van der Waals surface area contributed by atoms with Crippen molar-refractivity contribution in [2.75, 3.05) is 12.4 Å². The van der Waals surface area contributed by atoms with Crippen LogP contribution in [0.2, 0.25) is 0 Å². The number of aliphatic hydroxyl groups is 1. The highest BCUT2D eigenvalue weighted by atomic mass is 16.6. The number of hydrogen-bond acceptors (Lipinski definition) is 8. The van der Waals surface area contributed by atoms with Gasteiger partial charge in [0.05, 0.1) is 23.0 Å². The van der Waals surface area contributed by atoms with Crippen LogP contribution in [0.15, 0.2) is 48.5 Å². The molecule has 0 spiro atoms. The molecule has 136 valence electrons. The minimum absolute atomic E-state index is 0.161. The Bertz CT molecular complexity index is 826. The van der Waals surface area contributed by atoms with E-state index in [9.17, 15) is 30.1 Å². The number of hydrogen-bond donors (Lipinski definition) is 2. The Morgan fingerprint density at radius 3 is 2.31 bits per heavy atom. The lowest BCUT2D eigenvalue weighted by Crippen LogP contribution is -2.36. The van der Waals surface area contributed by atoms with Gasteiger partial charge in [0.15, 0.2) is 6.04 Å². The number of rotatable bonds is 7. The number of nitro groups is 2. The number of nitrogens with one attached hydrogen (secondary N) is 1. The molecule has 0 fully saturated rings. The van der Waals surface area contributed by atoms with Gasteiger partial charge in [0, 0.05) is 6.07 Å². The van der Waals surface area contributed by atoms with Crippen molar-refractivity contribution in [3.8, 4) is 0 Å². The Labute approximate surface area is 147 Å². The fourth-order valence-electron chi connectivity index (χ4n) is 2.31. The number of nitrogens with zero attached hydrogens (tertiary/aromatic N) is 2. The summed E-state index contributed by atoms with van der Waals surface area (Å²) in [5.74, 6) is -0.853. The highest BCUT2D eigenvalue weighted by molar-refractivity contribution is 5.82. The van der Waals surface area contributed by atoms with E-state index in [2.05, 4.69) is 10.1 Å². The number of carbonyl (C=O) groups excluding carboxylic acids is 1. The monoisotopic (exact) mass is 361 g/mol. The van der Waals surface area contributed by atoms with Crippen LogP contribution >= 0.6 is 0 Å². The van der Waals surface area contributed by atoms with E-state index in [1.165, 1.54) is 0 Å². The molecule has 26 heavy (non-hydrogen) atoms. The highest BCUT2D eigenvalue weighted by Crippen LogP contribution is 2.31. The molecule has 0 amide bonds. The third-order valence-electron chi connectivity index (χ3n) is 3.61. The highest BCUT2D eigenvalue weighted by Gasteiger charge is 2.31. The van der Waals surface area contributed by atoms with Gasteiger partial charge in [0.2, 0.25) is 0 Å². The lowest BCUT2D eigenvalue weighted by atomic mass is 10.0. The van der Waals surface area contributed by atoms with Crippen LogP contribution in [0, 0.1) is 20.2 Å². The standard InChI is InChI=1S/C16H15N3O7/c1-26-16(21)14(15(20)10-5-3-2-4-6-10)17-12-8-7-11(18(22)23)9-13(12)19(24)25/h2-9,14-15,17,20H,1H3. The van der Waals surface area contributed by atoms with Gasteiger partial charge in [-0.25, -0.2) is 4.79 Å². The van der Waals surface area contributed by atoms with Crippen LogP contribution < -0.4 is 5.32 Å².